The topological polar surface area (TPSA) is 76.2 Å². The molecule has 0 radical (unpaired) electrons. The second-order valence-corrected chi connectivity index (χ2v) is 12.1. The van der Waals surface area contributed by atoms with Gasteiger partial charge in [0.25, 0.3) is 0 Å². The molecule has 0 unspecified atom stereocenters. The molecule has 0 spiro atoms. The highest BCUT2D eigenvalue weighted by atomic mass is 32.2. The summed E-state index contributed by atoms with van der Waals surface area (Å²) in [7, 11) is -0.382. The van der Waals surface area contributed by atoms with Crippen LogP contribution in [0.5, 0.6) is 11.5 Å². The summed E-state index contributed by atoms with van der Waals surface area (Å²) in [4.78, 5) is 16.2. The summed E-state index contributed by atoms with van der Waals surface area (Å²) in [6, 6.07) is 9.64. The summed E-state index contributed by atoms with van der Waals surface area (Å²) in [5, 5.41) is 1.97. The summed E-state index contributed by atoms with van der Waals surface area (Å²) in [5.41, 5.74) is 1.00. The fourth-order valence-electron chi connectivity index (χ4n) is 4.05. The molecule has 1 amide bonds. The molecule has 0 atom stereocenters. The summed E-state index contributed by atoms with van der Waals surface area (Å²) in [6.07, 6.45) is 8.12. The van der Waals surface area contributed by atoms with Crippen molar-refractivity contribution < 1.29 is 22.7 Å². The first-order chi connectivity index (χ1) is 17.8. The molecule has 0 fully saturated rings. The van der Waals surface area contributed by atoms with Gasteiger partial charge in [-0.25, -0.2) is 8.42 Å². The van der Waals surface area contributed by atoms with Gasteiger partial charge in [0.05, 0.1) is 33.1 Å². The maximum atomic E-state index is 13.4. The molecule has 2 aromatic rings. The monoisotopic (exact) mass is 550 g/mol. The molecule has 7 nitrogen and oxygen atoms in total. The van der Waals surface area contributed by atoms with Gasteiger partial charge in [-0.05, 0) is 42.0 Å². The van der Waals surface area contributed by atoms with Crippen molar-refractivity contribution in [3.63, 3.8) is 0 Å². The van der Waals surface area contributed by atoms with Crippen molar-refractivity contribution in [3.8, 4) is 11.5 Å². The largest absolute Gasteiger partial charge is 0.493 e. The van der Waals surface area contributed by atoms with Crippen LogP contribution in [0.3, 0.4) is 0 Å². The van der Waals surface area contributed by atoms with Crippen LogP contribution >= 0.6 is 11.3 Å². The molecular formula is C28H42N2O5S2. The number of amides is 1. The van der Waals surface area contributed by atoms with Gasteiger partial charge in [-0.1, -0.05) is 57.2 Å². The van der Waals surface area contributed by atoms with Gasteiger partial charge in [-0.15, -0.1) is 17.9 Å². The number of sulfonamides is 1. The molecular weight excluding hydrogens is 508 g/mol. The van der Waals surface area contributed by atoms with Gasteiger partial charge in [-0.2, -0.15) is 4.31 Å². The number of hydrogen-bond acceptors (Lipinski definition) is 6. The van der Waals surface area contributed by atoms with E-state index in [1.54, 1.807) is 36.5 Å². The highest BCUT2D eigenvalue weighted by Gasteiger charge is 2.26. The fourth-order valence-corrected chi connectivity index (χ4v) is 6.23. The number of thiophene rings is 1. The van der Waals surface area contributed by atoms with Crippen molar-refractivity contribution in [3.05, 3.63) is 58.8 Å². The molecule has 0 saturated carbocycles. The van der Waals surface area contributed by atoms with E-state index >= 15 is 0 Å². The average molecular weight is 551 g/mol. The minimum absolute atomic E-state index is 0.0524. The molecule has 0 aliphatic carbocycles. The van der Waals surface area contributed by atoms with Crippen LogP contribution < -0.4 is 9.47 Å². The Hall–Kier alpha value is -2.36. The molecule has 9 heteroatoms. The normalized spacial score (nSPS) is 11.5. The zero-order chi connectivity index (χ0) is 27.1. The van der Waals surface area contributed by atoms with Gasteiger partial charge in [-0.3, -0.25) is 4.79 Å². The van der Waals surface area contributed by atoms with Gasteiger partial charge >= 0.3 is 0 Å². The first kappa shape index (κ1) is 30.9. The van der Waals surface area contributed by atoms with Gasteiger partial charge in [0.15, 0.2) is 11.5 Å². The number of hydrogen-bond donors (Lipinski definition) is 0. The van der Waals surface area contributed by atoms with Gasteiger partial charge in [0, 0.05) is 18.0 Å². The van der Waals surface area contributed by atoms with Crippen LogP contribution in [-0.2, 0) is 27.8 Å². The summed E-state index contributed by atoms with van der Waals surface area (Å²) in [6.45, 7) is 6.68. The first-order valence-corrected chi connectivity index (χ1v) is 15.4. The maximum absolute atomic E-state index is 13.4. The number of benzene rings is 1. The van der Waals surface area contributed by atoms with Crippen molar-refractivity contribution in [1.82, 2.24) is 9.21 Å². The average Bonchev–Trinajstić information content (AvgIpc) is 3.41. The van der Waals surface area contributed by atoms with Crippen LogP contribution in [0.4, 0.5) is 0 Å². The van der Waals surface area contributed by atoms with Gasteiger partial charge in [0.1, 0.15) is 0 Å². The minimum atomic E-state index is -3.56. The predicted octanol–water partition coefficient (Wildman–Crippen LogP) is 5.51. The standard InChI is InChI=1S/C28H42N2O5S2/c1-5-7-8-9-10-11-20-37(32,33)30(17-6-2)23-28(31)29(22-25-13-12-19-36-25)18-16-24-14-15-26(34-3)27(21-24)35-4/h6,12-15,19,21H,2,5,7-11,16-18,20,22-23H2,1,3-4H3. The van der Waals surface area contributed by atoms with E-state index in [9.17, 15) is 13.2 Å². The molecule has 0 bridgehead atoms. The van der Waals surface area contributed by atoms with Crippen LogP contribution in [0.25, 0.3) is 0 Å². The molecule has 0 N–H and O–H groups in total. The molecule has 206 valence electrons. The molecule has 37 heavy (non-hydrogen) atoms. The zero-order valence-electron chi connectivity index (χ0n) is 22.5. The van der Waals surface area contributed by atoms with E-state index in [2.05, 4.69) is 13.5 Å². The van der Waals surface area contributed by atoms with Crippen LogP contribution in [-0.4, -0.2) is 63.1 Å². The SMILES string of the molecule is C=CCN(CC(=O)N(CCc1ccc(OC)c(OC)c1)Cc1cccs1)S(=O)(=O)CCCCCCCC. The van der Waals surface area contributed by atoms with Crippen LogP contribution in [0.2, 0.25) is 0 Å². The molecule has 1 aromatic heterocycles. The van der Waals surface area contributed by atoms with E-state index in [-0.39, 0.29) is 24.7 Å². The van der Waals surface area contributed by atoms with E-state index in [0.29, 0.717) is 37.4 Å². The van der Waals surface area contributed by atoms with Gasteiger partial charge in [0.2, 0.25) is 15.9 Å². The number of methoxy groups -OCH3 is 2. The van der Waals surface area contributed by atoms with Crippen molar-refractivity contribution in [1.29, 1.82) is 0 Å². The van der Waals surface area contributed by atoms with Crippen molar-refractivity contribution in [2.24, 2.45) is 0 Å². The Bertz CT molecular complexity index is 1050. The number of nitrogens with zero attached hydrogens (tertiary/aromatic N) is 2. The molecule has 1 aromatic carbocycles. The summed E-state index contributed by atoms with van der Waals surface area (Å²) in [5.74, 6) is 1.11. The molecule has 0 saturated heterocycles. The Balaban J connectivity index is 2.09. The maximum Gasteiger partial charge on any atom is 0.238 e. The Kier molecular flexibility index (Phi) is 13.7. The summed E-state index contributed by atoms with van der Waals surface area (Å²) < 4.78 is 38.2. The number of ether oxygens (including phenoxy) is 2. The number of carbonyl (C=O) groups excluding carboxylic acids is 1. The Morgan fingerprint density at radius 2 is 1.78 bits per heavy atom. The lowest BCUT2D eigenvalue weighted by Gasteiger charge is -2.27. The summed E-state index contributed by atoms with van der Waals surface area (Å²) >= 11 is 1.58. The highest BCUT2D eigenvalue weighted by molar-refractivity contribution is 7.89. The first-order valence-electron chi connectivity index (χ1n) is 12.9. The number of unbranched alkanes of at least 4 members (excludes halogenated alkanes) is 5. The lowest BCUT2D eigenvalue weighted by Crippen LogP contribution is -2.44. The second-order valence-electron chi connectivity index (χ2n) is 9.00. The predicted molar refractivity (Wildman–Crippen MR) is 152 cm³/mol. The zero-order valence-corrected chi connectivity index (χ0v) is 24.1. The van der Waals surface area contributed by atoms with E-state index in [4.69, 9.17) is 9.47 Å². The third-order valence-electron chi connectivity index (χ3n) is 6.19. The van der Waals surface area contributed by atoms with Crippen molar-refractivity contribution in [2.45, 2.75) is 58.4 Å². The molecule has 0 aliphatic rings. The third kappa shape index (κ3) is 10.5. The van der Waals surface area contributed by atoms with E-state index < -0.39 is 10.0 Å². The van der Waals surface area contributed by atoms with E-state index in [1.807, 2.05) is 35.7 Å². The minimum Gasteiger partial charge on any atom is -0.493 e. The van der Waals surface area contributed by atoms with Crippen LogP contribution in [0, 0.1) is 0 Å². The smallest absolute Gasteiger partial charge is 0.238 e. The van der Waals surface area contributed by atoms with E-state index in [0.717, 1.165) is 36.1 Å². The lowest BCUT2D eigenvalue weighted by atomic mass is 10.1. The van der Waals surface area contributed by atoms with Crippen molar-refractivity contribution in [2.75, 3.05) is 39.6 Å². The fraction of sp³-hybridized carbons (Fsp3) is 0.536. The van der Waals surface area contributed by atoms with Crippen LogP contribution in [0.15, 0.2) is 48.4 Å². The lowest BCUT2D eigenvalue weighted by molar-refractivity contribution is -0.131. The van der Waals surface area contributed by atoms with E-state index in [1.165, 1.54) is 10.7 Å². The molecule has 2 rings (SSSR count). The Labute approximate surface area is 227 Å². The number of carbonyl (C=O) groups is 1. The third-order valence-corrected chi connectivity index (χ3v) is 8.92. The Morgan fingerprint density at radius 1 is 1.05 bits per heavy atom. The second kappa shape index (κ2) is 16.5. The number of rotatable bonds is 19. The molecule has 0 aliphatic heterocycles. The quantitative estimate of drug-likeness (QED) is 0.170. The Morgan fingerprint density at radius 3 is 2.43 bits per heavy atom. The van der Waals surface area contributed by atoms with Crippen molar-refractivity contribution >= 4 is 27.3 Å². The van der Waals surface area contributed by atoms with Crippen LogP contribution in [0.1, 0.15) is 55.9 Å². The molecule has 1 heterocycles. The highest BCUT2D eigenvalue weighted by Crippen LogP contribution is 2.28. The van der Waals surface area contributed by atoms with Gasteiger partial charge < -0.3 is 14.4 Å².